The van der Waals surface area contributed by atoms with Crippen LogP contribution in [0.15, 0.2) is 15.1 Å². The molecule has 1 atom stereocenters. The number of carbonyl (C=O) groups excluding carboxylic acids is 1. The summed E-state index contributed by atoms with van der Waals surface area (Å²) >= 11 is 0. The van der Waals surface area contributed by atoms with Gasteiger partial charge in [-0.2, -0.15) is 4.98 Å². The number of carbonyl (C=O) groups is 1. The van der Waals surface area contributed by atoms with Crippen molar-refractivity contribution in [2.75, 3.05) is 26.7 Å². The van der Waals surface area contributed by atoms with Crippen molar-refractivity contribution in [3.05, 3.63) is 23.5 Å². The minimum Gasteiger partial charge on any atom is -0.479 e. The third kappa shape index (κ3) is 4.21. The maximum atomic E-state index is 12.6. The second kappa shape index (κ2) is 8.31. The molecule has 2 aromatic heterocycles. The molecule has 9 heteroatoms. The molecular formula is C17H25N5O4. The minimum atomic E-state index is -0.140. The first-order valence-electron chi connectivity index (χ1n) is 8.94. The van der Waals surface area contributed by atoms with Crippen LogP contribution in [0.3, 0.4) is 0 Å². The van der Waals surface area contributed by atoms with Gasteiger partial charge < -0.3 is 18.7 Å². The quantitative estimate of drug-likeness (QED) is 0.767. The Kier molecular flexibility index (Phi) is 5.87. The molecule has 0 aromatic carbocycles. The zero-order valence-electron chi connectivity index (χ0n) is 15.5. The van der Waals surface area contributed by atoms with Crippen molar-refractivity contribution in [2.24, 2.45) is 0 Å². The molecule has 142 valence electrons. The van der Waals surface area contributed by atoms with Crippen LogP contribution in [0, 0.1) is 6.92 Å². The predicted molar refractivity (Wildman–Crippen MR) is 91.7 cm³/mol. The summed E-state index contributed by atoms with van der Waals surface area (Å²) in [6, 6.07) is 1.91. The van der Waals surface area contributed by atoms with E-state index in [1.165, 1.54) is 13.2 Å². The minimum absolute atomic E-state index is 0.140. The second-order valence-electron chi connectivity index (χ2n) is 6.40. The standard InChI is InChI=1S/C17H25N5O4/c1-4-21(11-15-18-12(2)25-19-15)13-6-5-8-22(9-7-13)17(23)14-10-16(24-3)20-26-14/h10,13H,4-9,11H2,1-3H3/t13-/m1/s1. The van der Waals surface area contributed by atoms with Crippen LogP contribution in [0.2, 0.25) is 0 Å². The summed E-state index contributed by atoms with van der Waals surface area (Å²) in [4.78, 5) is 21.1. The lowest BCUT2D eigenvalue weighted by molar-refractivity contribution is 0.0714. The molecule has 1 amide bonds. The lowest BCUT2D eigenvalue weighted by Crippen LogP contribution is -2.37. The summed E-state index contributed by atoms with van der Waals surface area (Å²) in [6.07, 6.45) is 2.85. The molecule has 0 aliphatic carbocycles. The lowest BCUT2D eigenvalue weighted by atomic mass is 10.1. The Morgan fingerprint density at radius 1 is 1.35 bits per heavy atom. The second-order valence-corrected chi connectivity index (χ2v) is 6.40. The molecule has 0 unspecified atom stereocenters. The molecule has 26 heavy (non-hydrogen) atoms. The molecule has 9 nitrogen and oxygen atoms in total. The van der Waals surface area contributed by atoms with Crippen molar-refractivity contribution in [3.63, 3.8) is 0 Å². The third-order valence-electron chi connectivity index (χ3n) is 4.73. The number of hydrogen-bond acceptors (Lipinski definition) is 8. The number of amides is 1. The summed E-state index contributed by atoms with van der Waals surface area (Å²) in [6.45, 7) is 6.85. The van der Waals surface area contributed by atoms with Gasteiger partial charge in [0.2, 0.25) is 11.7 Å². The highest BCUT2D eigenvalue weighted by Crippen LogP contribution is 2.21. The largest absolute Gasteiger partial charge is 0.479 e. The Morgan fingerprint density at radius 2 is 2.19 bits per heavy atom. The molecule has 3 heterocycles. The van der Waals surface area contributed by atoms with Crippen LogP contribution in [0.5, 0.6) is 5.88 Å². The first kappa shape index (κ1) is 18.4. The fourth-order valence-corrected chi connectivity index (χ4v) is 3.35. The van der Waals surface area contributed by atoms with E-state index in [-0.39, 0.29) is 11.7 Å². The number of methoxy groups -OCH3 is 1. The molecule has 1 aliphatic heterocycles. The average Bonchev–Trinajstić information content (AvgIpc) is 3.22. The van der Waals surface area contributed by atoms with E-state index in [1.54, 1.807) is 6.92 Å². The van der Waals surface area contributed by atoms with Gasteiger partial charge in [0, 0.05) is 26.1 Å². The molecular weight excluding hydrogens is 338 g/mol. The van der Waals surface area contributed by atoms with Crippen molar-refractivity contribution in [3.8, 4) is 5.88 Å². The summed E-state index contributed by atoms with van der Waals surface area (Å²) in [5.41, 5.74) is 0. The molecule has 0 saturated carbocycles. The molecule has 1 fully saturated rings. The topological polar surface area (TPSA) is 97.7 Å². The lowest BCUT2D eigenvalue weighted by Gasteiger charge is -2.28. The van der Waals surface area contributed by atoms with Gasteiger partial charge in [0.25, 0.3) is 11.8 Å². The number of nitrogens with zero attached hydrogens (tertiary/aromatic N) is 5. The van der Waals surface area contributed by atoms with Gasteiger partial charge in [0.1, 0.15) is 0 Å². The predicted octanol–water partition coefficient (Wildman–Crippen LogP) is 1.89. The van der Waals surface area contributed by atoms with Gasteiger partial charge in [0.15, 0.2) is 5.82 Å². The van der Waals surface area contributed by atoms with E-state index < -0.39 is 0 Å². The van der Waals surface area contributed by atoms with Gasteiger partial charge in [-0.1, -0.05) is 12.1 Å². The maximum Gasteiger partial charge on any atom is 0.292 e. The monoisotopic (exact) mass is 363 g/mol. The Morgan fingerprint density at radius 3 is 2.85 bits per heavy atom. The van der Waals surface area contributed by atoms with E-state index >= 15 is 0 Å². The number of ether oxygens (including phenoxy) is 1. The van der Waals surface area contributed by atoms with E-state index in [0.29, 0.717) is 43.3 Å². The van der Waals surface area contributed by atoms with Crippen LogP contribution in [-0.4, -0.2) is 63.8 Å². The van der Waals surface area contributed by atoms with Crippen LogP contribution in [0.4, 0.5) is 0 Å². The van der Waals surface area contributed by atoms with Crippen LogP contribution in [-0.2, 0) is 6.54 Å². The summed E-state index contributed by atoms with van der Waals surface area (Å²) < 4.78 is 15.1. The zero-order chi connectivity index (χ0) is 18.5. The SMILES string of the molecule is CCN(Cc1noc(C)n1)[C@@H]1CCCN(C(=O)c2cc(OC)no2)CC1. The van der Waals surface area contributed by atoms with E-state index in [4.69, 9.17) is 13.8 Å². The summed E-state index contributed by atoms with van der Waals surface area (Å²) in [7, 11) is 1.49. The number of likely N-dealkylation sites (tertiary alicyclic amines) is 1. The van der Waals surface area contributed by atoms with Crippen molar-refractivity contribution >= 4 is 5.91 Å². The van der Waals surface area contributed by atoms with E-state index in [9.17, 15) is 4.79 Å². The molecule has 0 N–H and O–H groups in total. The Bertz CT molecular complexity index is 728. The van der Waals surface area contributed by atoms with E-state index in [1.807, 2.05) is 4.90 Å². The average molecular weight is 363 g/mol. The van der Waals surface area contributed by atoms with Crippen molar-refractivity contribution in [1.82, 2.24) is 25.1 Å². The summed E-state index contributed by atoms with van der Waals surface area (Å²) in [5, 5.41) is 7.70. The molecule has 2 aromatic rings. The highest BCUT2D eigenvalue weighted by molar-refractivity contribution is 5.91. The van der Waals surface area contributed by atoms with Gasteiger partial charge in [0.05, 0.1) is 19.7 Å². The Hall–Kier alpha value is -2.42. The fourth-order valence-electron chi connectivity index (χ4n) is 3.35. The Balaban J connectivity index is 1.60. The number of aromatic nitrogens is 3. The normalized spacial score (nSPS) is 18.2. The number of rotatable bonds is 6. The van der Waals surface area contributed by atoms with Crippen LogP contribution in [0.25, 0.3) is 0 Å². The smallest absolute Gasteiger partial charge is 0.292 e. The van der Waals surface area contributed by atoms with Crippen LogP contribution < -0.4 is 4.74 Å². The molecule has 0 bridgehead atoms. The van der Waals surface area contributed by atoms with Gasteiger partial charge in [-0.3, -0.25) is 9.69 Å². The number of aryl methyl sites for hydroxylation is 1. The van der Waals surface area contributed by atoms with E-state index in [2.05, 4.69) is 27.1 Å². The molecule has 1 aliphatic rings. The van der Waals surface area contributed by atoms with E-state index in [0.717, 1.165) is 25.8 Å². The van der Waals surface area contributed by atoms with Gasteiger partial charge >= 0.3 is 0 Å². The zero-order valence-corrected chi connectivity index (χ0v) is 15.5. The maximum absolute atomic E-state index is 12.6. The molecule has 1 saturated heterocycles. The first-order chi connectivity index (χ1) is 12.6. The summed E-state index contributed by atoms with van der Waals surface area (Å²) in [5.74, 6) is 1.67. The highest BCUT2D eigenvalue weighted by atomic mass is 16.5. The number of hydrogen-bond donors (Lipinski definition) is 0. The third-order valence-corrected chi connectivity index (χ3v) is 4.73. The van der Waals surface area contributed by atoms with Gasteiger partial charge in [-0.05, 0) is 31.0 Å². The molecule has 0 spiro atoms. The highest BCUT2D eigenvalue weighted by Gasteiger charge is 2.27. The van der Waals surface area contributed by atoms with Crippen LogP contribution >= 0.6 is 0 Å². The molecule has 3 rings (SSSR count). The first-order valence-corrected chi connectivity index (χ1v) is 8.94. The van der Waals surface area contributed by atoms with Crippen molar-refractivity contribution in [1.29, 1.82) is 0 Å². The molecule has 0 radical (unpaired) electrons. The fraction of sp³-hybridized carbons (Fsp3) is 0.647. The van der Waals surface area contributed by atoms with Gasteiger partial charge in [-0.15, -0.1) is 0 Å². The van der Waals surface area contributed by atoms with Crippen molar-refractivity contribution < 1.29 is 18.6 Å². The van der Waals surface area contributed by atoms with Gasteiger partial charge in [-0.25, -0.2) is 0 Å². The Labute approximate surface area is 152 Å². The van der Waals surface area contributed by atoms with Crippen molar-refractivity contribution in [2.45, 2.75) is 45.7 Å². The van der Waals surface area contributed by atoms with Crippen LogP contribution in [0.1, 0.15) is 48.5 Å².